The van der Waals surface area contributed by atoms with Gasteiger partial charge < -0.3 is 33.8 Å². The van der Waals surface area contributed by atoms with Crippen molar-refractivity contribution in [3.8, 4) is 0 Å². The molecule has 0 aliphatic rings. The number of aliphatic hydroxyl groups is 1. The van der Waals surface area contributed by atoms with Crippen molar-refractivity contribution in [2.45, 2.75) is 433 Å². The van der Waals surface area contributed by atoms with Crippen LogP contribution in [-0.2, 0) is 65.4 Å². The van der Waals surface area contributed by atoms with Crippen LogP contribution >= 0.6 is 15.6 Å². The summed E-state index contributed by atoms with van der Waals surface area (Å²) in [7, 11) is -9.92. The van der Waals surface area contributed by atoms with E-state index in [9.17, 15) is 43.2 Å². The third kappa shape index (κ3) is 72.8. The Morgan fingerprint density at radius 2 is 0.515 bits per heavy atom. The van der Waals surface area contributed by atoms with Crippen LogP contribution in [0.5, 0.6) is 0 Å². The molecule has 19 heteroatoms. The summed E-state index contributed by atoms with van der Waals surface area (Å²) >= 11 is 0. The second-order valence-corrected chi connectivity index (χ2v) is 32.9. The Morgan fingerprint density at radius 3 is 0.768 bits per heavy atom. The maximum atomic E-state index is 13.1. The lowest BCUT2D eigenvalue weighted by Crippen LogP contribution is -2.30. The van der Waals surface area contributed by atoms with E-state index in [1.807, 2.05) is 0 Å². The van der Waals surface area contributed by atoms with E-state index in [4.69, 9.17) is 37.0 Å². The van der Waals surface area contributed by atoms with E-state index >= 15 is 0 Å². The summed E-state index contributed by atoms with van der Waals surface area (Å²) < 4.78 is 68.7. The van der Waals surface area contributed by atoms with E-state index < -0.39 is 97.5 Å². The Balaban J connectivity index is 5.24. The summed E-state index contributed by atoms with van der Waals surface area (Å²) in [5, 5.41) is 10.6. The first-order valence-corrected chi connectivity index (χ1v) is 44.4. The fraction of sp³-hybridized carbons (Fsp3) is 0.950. The summed E-state index contributed by atoms with van der Waals surface area (Å²) in [5.74, 6) is 0.228. The van der Waals surface area contributed by atoms with Gasteiger partial charge in [-0.1, -0.05) is 363 Å². The largest absolute Gasteiger partial charge is 0.472 e. The molecule has 0 fully saturated rings. The Morgan fingerprint density at radius 1 is 0.293 bits per heavy atom. The first kappa shape index (κ1) is 97.1. The number of carbonyl (C=O) groups excluding carboxylic acids is 4. The number of phosphoric ester groups is 2. The van der Waals surface area contributed by atoms with Crippen LogP contribution in [0.4, 0.5) is 0 Å². The molecular formula is C80H156O17P2. The highest BCUT2D eigenvalue weighted by Gasteiger charge is 2.30. The summed E-state index contributed by atoms with van der Waals surface area (Å²) in [4.78, 5) is 73.0. The van der Waals surface area contributed by atoms with Gasteiger partial charge in [-0.3, -0.25) is 37.3 Å². The average molecular weight is 1450 g/mol. The number of carbonyl (C=O) groups is 4. The minimum atomic E-state index is -4.96. The van der Waals surface area contributed by atoms with Crippen LogP contribution < -0.4 is 0 Å². The smallest absolute Gasteiger partial charge is 0.462 e. The molecule has 0 amide bonds. The van der Waals surface area contributed by atoms with Gasteiger partial charge in [0.25, 0.3) is 0 Å². The van der Waals surface area contributed by atoms with Crippen LogP contribution in [0.1, 0.15) is 414 Å². The summed E-state index contributed by atoms with van der Waals surface area (Å²) in [6.07, 6.45) is 58.2. The first-order valence-electron chi connectivity index (χ1n) is 41.4. The Labute approximate surface area is 607 Å². The molecule has 0 spiro atoms. The maximum absolute atomic E-state index is 13.1. The molecule has 588 valence electrons. The van der Waals surface area contributed by atoms with Crippen LogP contribution in [0.25, 0.3) is 0 Å². The number of rotatable bonds is 78. The highest BCUT2D eigenvalue weighted by atomic mass is 31.2. The van der Waals surface area contributed by atoms with Crippen LogP contribution in [0, 0.1) is 17.8 Å². The number of ether oxygens (including phenoxy) is 4. The highest BCUT2D eigenvalue weighted by Crippen LogP contribution is 2.45. The summed E-state index contributed by atoms with van der Waals surface area (Å²) in [6.45, 7) is 11.9. The molecule has 3 N–H and O–H groups in total. The summed E-state index contributed by atoms with van der Waals surface area (Å²) in [5.41, 5.74) is 0. The van der Waals surface area contributed by atoms with Gasteiger partial charge in [0.2, 0.25) is 0 Å². The maximum Gasteiger partial charge on any atom is 0.472 e. The zero-order chi connectivity index (χ0) is 73.0. The van der Waals surface area contributed by atoms with Crippen molar-refractivity contribution >= 4 is 39.5 Å². The van der Waals surface area contributed by atoms with E-state index in [1.54, 1.807) is 0 Å². The number of esters is 4. The number of hydrogen-bond acceptors (Lipinski definition) is 15. The molecule has 0 aliphatic heterocycles. The Hall–Kier alpha value is -1.94. The average Bonchev–Trinajstić information content (AvgIpc) is 1.19. The van der Waals surface area contributed by atoms with Gasteiger partial charge in [-0.2, -0.15) is 0 Å². The lowest BCUT2D eigenvalue weighted by molar-refractivity contribution is -0.161. The van der Waals surface area contributed by atoms with Gasteiger partial charge in [0.1, 0.15) is 19.3 Å². The molecule has 0 saturated heterocycles. The minimum Gasteiger partial charge on any atom is -0.462 e. The molecule has 3 unspecified atom stereocenters. The monoisotopic (exact) mass is 1450 g/mol. The molecule has 0 saturated carbocycles. The van der Waals surface area contributed by atoms with Gasteiger partial charge >= 0.3 is 39.5 Å². The second kappa shape index (κ2) is 70.4. The van der Waals surface area contributed by atoms with Crippen molar-refractivity contribution in [1.82, 2.24) is 0 Å². The second-order valence-electron chi connectivity index (χ2n) is 30.0. The molecule has 0 aliphatic carbocycles. The van der Waals surface area contributed by atoms with Crippen molar-refractivity contribution in [2.24, 2.45) is 17.8 Å². The lowest BCUT2D eigenvalue weighted by Gasteiger charge is -2.21. The number of unbranched alkanes of at least 4 members (excludes halogenated alkanes) is 45. The highest BCUT2D eigenvalue weighted by molar-refractivity contribution is 7.47. The molecule has 0 radical (unpaired) electrons. The van der Waals surface area contributed by atoms with Gasteiger partial charge in [0.15, 0.2) is 12.2 Å². The molecule has 6 atom stereocenters. The Kier molecular flexibility index (Phi) is 69.0. The van der Waals surface area contributed by atoms with Gasteiger partial charge in [0, 0.05) is 25.7 Å². The minimum absolute atomic E-state index is 0.107. The molecule has 0 rings (SSSR count). The summed E-state index contributed by atoms with van der Waals surface area (Å²) in [6, 6.07) is 0. The predicted molar refractivity (Wildman–Crippen MR) is 405 cm³/mol. The van der Waals surface area contributed by atoms with Crippen molar-refractivity contribution < 1.29 is 80.2 Å². The first-order chi connectivity index (χ1) is 47.8. The molecule has 99 heavy (non-hydrogen) atoms. The molecule has 0 bridgehead atoms. The van der Waals surface area contributed by atoms with Crippen molar-refractivity contribution in [3.05, 3.63) is 0 Å². The predicted octanol–water partition coefficient (Wildman–Crippen LogP) is 23.7. The molecule has 0 aromatic carbocycles. The van der Waals surface area contributed by atoms with E-state index in [2.05, 4.69) is 48.5 Å². The molecule has 0 aromatic rings. The lowest BCUT2D eigenvalue weighted by atomic mass is 10.00. The van der Waals surface area contributed by atoms with Crippen molar-refractivity contribution in [1.29, 1.82) is 0 Å². The van der Waals surface area contributed by atoms with Gasteiger partial charge in [0.05, 0.1) is 26.4 Å². The molecule has 17 nitrogen and oxygen atoms in total. The standard InChI is InChI=1S/C80H156O17P2/c1-8-10-11-12-13-14-15-22-30-35-40-49-56-63-80(85)97-76(68-91-78(83)62-55-48-43-42-46-53-60-73(7)9-2)70-95-99(88,89)93-66-74(81)65-92-98(86,87)94-69-75(96-79(84)64-57-50-41-36-31-26-21-17-19-24-28-33-38-45-52-59-72(5)6)67-90-77(82)61-54-47-39-34-29-25-20-16-18-23-27-32-37-44-51-58-71(3)4/h71-76,81H,8-70H2,1-7H3,(H,86,87)(H,88,89)/t73?,74-,75-,76-/m1/s1. The molecular weight excluding hydrogens is 1290 g/mol. The topological polar surface area (TPSA) is 237 Å². The number of hydrogen-bond donors (Lipinski definition) is 3. The van der Waals surface area contributed by atoms with Crippen LogP contribution in [0.2, 0.25) is 0 Å². The van der Waals surface area contributed by atoms with Crippen molar-refractivity contribution in [3.63, 3.8) is 0 Å². The zero-order valence-corrected chi connectivity index (χ0v) is 66.8. The quantitative estimate of drug-likeness (QED) is 0.0222. The SMILES string of the molecule is CCCCCCCCCCCCCCCC(=O)O[C@H](COC(=O)CCCCCCCCC(C)CC)COP(=O)(O)OC[C@H](O)COP(=O)(O)OC[C@@H](COC(=O)CCCCCCCCCCCCCCCCCC(C)C)OC(=O)CCCCCCCCCCCCCCCCCC(C)C. The van der Waals surface area contributed by atoms with Crippen LogP contribution in [0.3, 0.4) is 0 Å². The fourth-order valence-corrected chi connectivity index (χ4v) is 13.9. The van der Waals surface area contributed by atoms with Crippen molar-refractivity contribution in [2.75, 3.05) is 39.6 Å². The zero-order valence-electron chi connectivity index (χ0n) is 65.0. The van der Waals surface area contributed by atoms with Crippen LogP contribution in [0.15, 0.2) is 0 Å². The van der Waals surface area contributed by atoms with E-state index in [0.717, 1.165) is 114 Å². The molecule has 0 aromatic heterocycles. The van der Waals surface area contributed by atoms with Gasteiger partial charge in [-0.05, 0) is 43.4 Å². The van der Waals surface area contributed by atoms with E-state index in [-0.39, 0.29) is 25.7 Å². The van der Waals surface area contributed by atoms with Crippen LogP contribution in [-0.4, -0.2) is 96.7 Å². The number of aliphatic hydroxyl groups excluding tert-OH is 1. The van der Waals surface area contributed by atoms with E-state index in [1.165, 1.54) is 218 Å². The molecule has 0 heterocycles. The normalized spacial score (nSPS) is 14.3. The third-order valence-corrected chi connectivity index (χ3v) is 20.9. The van der Waals surface area contributed by atoms with E-state index in [0.29, 0.717) is 25.7 Å². The third-order valence-electron chi connectivity index (χ3n) is 19.0. The fourth-order valence-electron chi connectivity index (χ4n) is 12.3. The Bertz CT molecular complexity index is 1920. The van der Waals surface area contributed by atoms with Gasteiger partial charge in [-0.15, -0.1) is 0 Å². The number of phosphoric acid groups is 2. The van der Waals surface area contributed by atoms with Gasteiger partial charge in [-0.25, -0.2) is 9.13 Å².